The summed E-state index contributed by atoms with van der Waals surface area (Å²) in [5, 5.41) is 0.901. The quantitative estimate of drug-likeness (QED) is 0.584. The number of hydrogen-bond donors (Lipinski definition) is 0. The molecule has 4 nitrogen and oxygen atoms in total. The number of thioether (sulfide) groups is 1. The summed E-state index contributed by atoms with van der Waals surface area (Å²) in [6.45, 7) is 1.95. The van der Waals surface area contributed by atoms with Crippen molar-refractivity contribution in [2.45, 2.75) is 23.6 Å². The van der Waals surface area contributed by atoms with E-state index in [1.165, 1.54) is 18.9 Å². The molecular weight excluding hydrogens is 226 g/mol. The zero-order chi connectivity index (χ0) is 12.0. The topological polar surface area (TPSA) is 48.4 Å². The molecule has 0 saturated carbocycles. The van der Waals surface area contributed by atoms with Gasteiger partial charge in [-0.2, -0.15) is 0 Å². The highest BCUT2D eigenvalue weighted by Gasteiger charge is 2.13. The third-order valence-corrected chi connectivity index (χ3v) is 3.05. The highest BCUT2D eigenvalue weighted by molar-refractivity contribution is 8.00. The maximum absolute atomic E-state index is 11.1. The second-order valence-corrected chi connectivity index (χ2v) is 4.65. The minimum atomic E-state index is -0.213. The van der Waals surface area contributed by atoms with Gasteiger partial charge in [0.15, 0.2) is 5.75 Å². The highest BCUT2D eigenvalue weighted by Crippen LogP contribution is 2.30. The largest absolute Gasteiger partial charge is 0.494 e. The smallest absolute Gasteiger partial charge is 0.306 e. The third kappa shape index (κ3) is 3.73. The van der Waals surface area contributed by atoms with Crippen LogP contribution in [0.2, 0.25) is 0 Å². The number of methoxy groups -OCH3 is 2. The van der Waals surface area contributed by atoms with Gasteiger partial charge < -0.3 is 9.47 Å². The van der Waals surface area contributed by atoms with Crippen LogP contribution in [0.25, 0.3) is 0 Å². The van der Waals surface area contributed by atoms with E-state index < -0.39 is 0 Å². The van der Waals surface area contributed by atoms with E-state index in [0.717, 1.165) is 10.8 Å². The molecule has 0 amide bonds. The molecule has 0 aromatic carbocycles. The molecule has 0 bridgehead atoms. The van der Waals surface area contributed by atoms with Crippen LogP contribution in [0.3, 0.4) is 0 Å². The average Bonchev–Trinajstić information content (AvgIpc) is 2.29. The van der Waals surface area contributed by atoms with Gasteiger partial charge in [0.1, 0.15) is 5.03 Å². The summed E-state index contributed by atoms with van der Waals surface area (Å²) in [7, 11) is 2.99. The molecule has 1 aromatic rings. The average molecular weight is 241 g/mol. The fraction of sp³-hybridized carbons (Fsp3) is 0.455. The van der Waals surface area contributed by atoms with Crippen LogP contribution in [-0.2, 0) is 9.53 Å². The summed E-state index contributed by atoms with van der Waals surface area (Å²) >= 11 is 1.50. The number of rotatable bonds is 5. The van der Waals surface area contributed by atoms with Gasteiger partial charge >= 0.3 is 5.97 Å². The minimum absolute atomic E-state index is 0.108. The lowest BCUT2D eigenvalue weighted by Crippen LogP contribution is -2.08. The van der Waals surface area contributed by atoms with Crippen molar-refractivity contribution in [3.05, 3.63) is 18.3 Å². The Bertz CT molecular complexity index is 357. The van der Waals surface area contributed by atoms with Crippen molar-refractivity contribution in [2.24, 2.45) is 0 Å². The van der Waals surface area contributed by atoms with Gasteiger partial charge in [0.05, 0.1) is 20.6 Å². The van der Waals surface area contributed by atoms with Crippen LogP contribution in [0.1, 0.15) is 13.3 Å². The number of carbonyl (C=O) groups excluding carboxylic acids is 1. The normalized spacial score (nSPS) is 11.9. The molecule has 1 aromatic heterocycles. The first-order chi connectivity index (χ1) is 7.67. The molecule has 0 aliphatic heterocycles. The predicted molar refractivity (Wildman–Crippen MR) is 62.7 cm³/mol. The number of hydrogen-bond acceptors (Lipinski definition) is 5. The minimum Gasteiger partial charge on any atom is -0.494 e. The summed E-state index contributed by atoms with van der Waals surface area (Å²) in [4.78, 5) is 15.3. The van der Waals surface area contributed by atoms with E-state index in [2.05, 4.69) is 9.72 Å². The van der Waals surface area contributed by atoms with Crippen molar-refractivity contribution in [1.82, 2.24) is 4.98 Å². The summed E-state index contributed by atoms with van der Waals surface area (Å²) in [6, 6.07) is 3.66. The molecule has 16 heavy (non-hydrogen) atoms. The van der Waals surface area contributed by atoms with E-state index in [0.29, 0.717) is 6.42 Å². The van der Waals surface area contributed by atoms with Crippen LogP contribution < -0.4 is 4.74 Å². The SMILES string of the molecule is COC(=O)CC(C)Sc1ncccc1OC. The zero-order valence-electron chi connectivity index (χ0n) is 9.60. The maximum atomic E-state index is 11.1. The van der Waals surface area contributed by atoms with Gasteiger partial charge in [0.2, 0.25) is 0 Å². The number of pyridine rings is 1. The van der Waals surface area contributed by atoms with Gasteiger partial charge in [-0.15, -0.1) is 0 Å². The molecule has 1 unspecified atom stereocenters. The molecule has 5 heteroatoms. The molecule has 1 atom stereocenters. The van der Waals surface area contributed by atoms with Gasteiger partial charge in [-0.1, -0.05) is 18.7 Å². The van der Waals surface area contributed by atoms with Gasteiger partial charge in [0.25, 0.3) is 0 Å². The van der Waals surface area contributed by atoms with E-state index in [1.54, 1.807) is 13.3 Å². The molecular formula is C11H15NO3S. The number of aromatic nitrogens is 1. The number of carbonyl (C=O) groups is 1. The Balaban J connectivity index is 2.61. The van der Waals surface area contributed by atoms with Crippen LogP contribution in [0.15, 0.2) is 23.4 Å². The summed E-state index contributed by atoms with van der Waals surface area (Å²) < 4.78 is 9.79. The standard InChI is InChI=1S/C11H15NO3S/c1-8(7-10(13)15-3)16-11-9(14-2)5-4-6-12-11/h4-6,8H,7H2,1-3H3. The van der Waals surface area contributed by atoms with Crippen molar-refractivity contribution in [1.29, 1.82) is 0 Å². The van der Waals surface area contributed by atoms with E-state index in [-0.39, 0.29) is 11.2 Å². The van der Waals surface area contributed by atoms with Crippen LogP contribution in [0.4, 0.5) is 0 Å². The summed E-state index contributed by atoms with van der Waals surface area (Å²) in [5.41, 5.74) is 0. The van der Waals surface area contributed by atoms with Gasteiger partial charge in [0, 0.05) is 11.4 Å². The monoisotopic (exact) mass is 241 g/mol. The molecule has 0 radical (unpaired) electrons. The van der Waals surface area contributed by atoms with Crippen molar-refractivity contribution >= 4 is 17.7 Å². The third-order valence-electron chi connectivity index (χ3n) is 1.95. The second-order valence-electron chi connectivity index (χ2n) is 3.22. The van der Waals surface area contributed by atoms with Crippen LogP contribution in [0, 0.1) is 0 Å². The van der Waals surface area contributed by atoms with E-state index >= 15 is 0 Å². The second kappa shape index (κ2) is 6.37. The number of ether oxygens (including phenoxy) is 2. The Morgan fingerprint density at radius 3 is 2.94 bits per heavy atom. The first-order valence-corrected chi connectivity index (χ1v) is 5.77. The Kier molecular flexibility index (Phi) is 5.11. The Hall–Kier alpha value is -1.23. The molecule has 0 N–H and O–H groups in total. The van der Waals surface area contributed by atoms with Crippen molar-refractivity contribution in [3.63, 3.8) is 0 Å². The molecule has 1 heterocycles. The first-order valence-electron chi connectivity index (χ1n) is 4.89. The van der Waals surface area contributed by atoms with Crippen molar-refractivity contribution < 1.29 is 14.3 Å². The number of esters is 1. The Labute approximate surface area is 99.4 Å². The Morgan fingerprint density at radius 2 is 2.31 bits per heavy atom. The summed E-state index contributed by atoms with van der Waals surface area (Å²) in [6.07, 6.45) is 2.07. The predicted octanol–water partition coefficient (Wildman–Crippen LogP) is 2.13. The molecule has 0 saturated heterocycles. The van der Waals surface area contributed by atoms with Crippen LogP contribution in [0.5, 0.6) is 5.75 Å². The van der Waals surface area contributed by atoms with Gasteiger partial charge in [-0.25, -0.2) is 4.98 Å². The molecule has 1 rings (SSSR count). The lowest BCUT2D eigenvalue weighted by molar-refractivity contribution is -0.140. The molecule has 0 aliphatic carbocycles. The van der Waals surface area contributed by atoms with Crippen LogP contribution in [-0.4, -0.2) is 30.4 Å². The molecule has 0 fully saturated rings. The molecule has 88 valence electrons. The Morgan fingerprint density at radius 1 is 1.56 bits per heavy atom. The fourth-order valence-corrected chi connectivity index (χ4v) is 2.16. The molecule has 0 spiro atoms. The fourth-order valence-electron chi connectivity index (χ4n) is 1.17. The zero-order valence-corrected chi connectivity index (χ0v) is 10.4. The molecule has 0 aliphatic rings. The van der Waals surface area contributed by atoms with Gasteiger partial charge in [-0.05, 0) is 12.1 Å². The lowest BCUT2D eigenvalue weighted by atomic mass is 10.3. The highest BCUT2D eigenvalue weighted by atomic mass is 32.2. The maximum Gasteiger partial charge on any atom is 0.306 e. The first kappa shape index (κ1) is 12.8. The van der Waals surface area contributed by atoms with Crippen molar-refractivity contribution in [3.8, 4) is 5.75 Å². The summed E-state index contributed by atoms with van der Waals surface area (Å²) in [5.74, 6) is 0.513. The lowest BCUT2D eigenvalue weighted by Gasteiger charge is -2.11. The number of nitrogens with zero attached hydrogens (tertiary/aromatic N) is 1. The van der Waals surface area contributed by atoms with Gasteiger partial charge in [-0.3, -0.25) is 4.79 Å². The van der Waals surface area contributed by atoms with Crippen molar-refractivity contribution in [2.75, 3.05) is 14.2 Å². The van der Waals surface area contributed by atoms with Crippen LogP contribution >= 0.6 is 11.8 Å². The van der Waals surface area contributed by atoms with E-state index in [1.807, 2.05) is 19.1 Å². The van der Waals surface area contributed by atoms with E-state index in [9.17, 15) is 4.79 Å². The van der Waals surface area contributed by atoms with E-state index in [4.69, 9.17) is 4.74 Å².